The van der Waals surface area contributed by atoms with E-state index in [0.717, 1.165) is 45.1 Å². The van der Waals surface area contributed by atoms with Crippen molar-refractivity contribution in [3.63, 3.8) is 0 Å². The van der Waals surface area contributed by atoms with Crippen molar-refractivity contribution in [1.82, 2.24) is 15.5 Å². The normalized spacial score (nSPS) is 15.6. The summed E-state index contributed by atoms with van der Waals surface area (Å²) in [4.78, 5) is 41.6. The SMILES string of the molecule is CC1=C(C(=O)OCCCCCCNCC(O)COc2ccccc2)C(c2ccccc2[N+](=O)[O-])C(C(=O)OC(C)CCCCCNCC(O)COc2ccccc2)=C(C)N1C. The fourth-order valence-electron chi connectivity index (χ4n) is 7.10. The summed E-state index contributed by atoms with van der Waals surface area (Å²) in [6.45, 7) is 8.11. The second-order valence-electron chi connectivity index (χ2n) is 15.4. The van der Waals surface area contributed by atoms with Gasteiger partial charge in [0.2, 0.25) is 0 Å². The molecule has 0 saturated carbocycles. The van der Waals surface area contributed by atoms with Crippen molar-refractivity contribution in [3.05, 3.63) is 123 Å². The Balaban J connectivity index is 1.25. The average Bonchev–Trinajstić information content (AvgIpc) is 3.26. The third-order valence-electron chi connectivity index (χ3n) is 10.6. The van der Waals surface area contributed by atoms with Gasteiger partial charge in [-0.2, -0.15) is 0 Å². The number of unbranched alkanes of at least 4 members (excludes halogenated alkanes) is 5. The van der Waals surface area contributed by atoms with Gasteiger partial charge in [0.15, 0.2) is 0 Å². The molecule has 332 valence electrons. The molecule has 0 aliphatic carbocycles. The predicted molar refractivity (Wildman–Crippen MR) is 234 cm³/mol. The van der Waals surface area contributed by atoms with Gasteiger partial charge in [-0.1, -0.05) is 73.9 Å². The van der Waals surface area contributed by atoms with Gasteiger partial charge in [0, 0.05) is 43.2 Å². The van der Waals surface area contributed by atoms with Crippen LogP contribution in [0.3, 0.4) is 0 Å². The Kier molecular flexibility index (Phi) is 20.7. The van der Waals surface area contributed by atoms with E-state index in [-0.39, 0.29) is 42.2 Å². The Bertz CT molecular complexity index is 1870. The van der Waals surface area contributed by atoms with Gasteiger partial charge in [-0.3, -0.25) is 10.1 Å². The third kappa shape index (κ3) is 15.9. The minimum atomic E-state index is -1.08. The van der Waals surface area contributed by atoms with E-state index in [1.807, 2.05) is 67.6 Å². The lowest BCUT2D eigenvalue weighted by Gasteiger charge is -2.36. The number of carbonyl (C=O) groups excluding carboxylic acids is 2. The molecule has 14 heteroatoms. The second-order valence-corrected chi connectivity index (χ2v) is 15.4. The highest BCUT2D eigenvalue weighted by atomic mass is 16.6. The molecular weight excluding hydrogens is 781 g/mol. The van der Waals surface area contributed by atoms with Gasteiger partial charge in [0.25, 0.3) is 5.69 Å². The Morgan fingerprint density at radius 1 is 0.721 bits per heavy atom. The molecule has 4 atom stereocenters. The summed E-state index contributed by atoms with van der Waals surface area (Å²) in [5.41, 5.74) is 1.37. The lowest BCUT2D eigenvalue weighted by molar-refractivity contribution is -0.385. The zero-order valence-electron chi connectivity index (χ0n) is 36.1. The molecule has 3 aromatic rings. The number of nitro groups is 1. The molecule has 3 aromatic carbocycles. The van der Waals surface area contributed by atoms with Crippen molar-refractivity contribution in [3.8, 4) is 11.5 Å². The summed E-state index contributed by atoms with van der Waals surface area (Å²) >= 11 is 0. The number of aliphatic hydroxyl groups is 2. The lowest BCUT2D eigenvalue weighted by atomic mass is 9.79. The van der Waals surface area contributed by atoms with Crippen molar-refractivity contribution in [2.45, 2.75) is 96.4 Å². The minimum Gasteiger partial charge on any atom is -0.491 e. The topological polar surface area (TPSA) is 182 Å². The lowest BCUT2D eigenvalue weighted by Crippen LogP contribution is -2.34. The monoisotopic (exact) mass is 844 g/mol. The maximum absolute atomic E-state index is 14.1. The van der Waals surface area contributed by atoms with Crippen molar-refractivity contribution in [2.75, 3.05) is 53.0 Å². The fraction of sp³-hybridized carbons (Fsp3) is 0.489. The minimum absolute atomic E-state index is 0.143. The number of nitro benzene ring substituents is 1. The van der Waals surface area contributed by atoms with Crippen LogP contribution in [0.2, 0.25) is 0 Å². The molecule has 0 fully saturated rings. The predicted octanol–water partition coefficient (Wildman–Crippen LogP) is 6.83. The summed E-state index contributed by atoms with van der Waals surface area (Å²) < 4.78 is 23.0. The van der Waals surface area contributed by atoms with Crippen molar-refractivity contribution in [2.24, 2.45) is 0 Å². The number of aliphatic hydroxyl groups excluding tert-OH is 2. The van der Waals surface area contributed by atoms with E-state index in [4.69, 9.17) is 18.9 Å². The first-order chi connectivity index (χ1) is 29.5. The molecule has 1 aliphatic rings. The first kappa shape index (κ1) is 48.4. The maximum Gasteiger partial charge on any atom is 0.337 e. The quantitative estimate of drug-likeness (QED) is 0.0259. The first-order valence-corrected chi connectivity index (χ1v) is 21.4. The van der Waals surface area contributed by atoms with Crippen LogP contribution in [0.15, 0.2) is 107 Å². The van der Waals surface area contributed by atoms with E-state index in [9.17, 15) is 29.9 Å². The number of carbonyl (C=O) groups is 2. The summed E-state index contributed by atoms with van der Waals surface area (Å²) in [6.07, 6.45) is 4.58. The van der Waals surface area contributed by atoms with Crippen LogP contribution < -0.4 is 20.1 Å². The summed E-state index contributed by atoms with van der Waals surface area (Å²) in [7, 11) is 1.75. The Labute approximate surface area is 360 Å². The van der Waals surface area contributed by atoms with E-state index < -0.39 is 41.1 Å². The van der Waals surface area contributed by atoms with Crippen LogP contribution in [0.5, 0.6) is 11.5 Å². The highest BCUT2D eigenvalue weighted by Crippen LogP contribution is 2.45. The third-order valence-corrected chi connectivity index (χ3v) is 10.6. The van der Waals surface area contributed by atoms with Crippen LogP contribution in [0.1, 0.15) is 83.6 Å². The van der Waals surface area contributed by atoms with E-state index in [1.54, 1.807) is 44.0 Å². The number of nitrogens with one attached hydrogen (secondary N) is 2. The van der Waals surface area contributed by atoms with Crippen molar-refractivity contribution < 1.29 is 43.7 Å². The van der Waals surface area contributed by atoms with Gasteiger partial charge in [0.1, 0.15) is 36.9 Å². The molecule has 4 unspecified atom stereocenters. The number of hydrogen-bond donors (Lipinski definition) is 4. The highest BCUT2D eigenvalue weighted by Gasteiger charge is 2.42. The van der Waals surface area contributed by atoms with Gasteiger partial charge in [-0.15, -0.1) is 0 Å². The number of esters is 2. The number of allylic oxidation sites excluding steroid dienone is 2. The Morgan fingerprint density at radius 3 is 1.77 bits per heavy atom. The molecule has 0 amide bonds. The molecule has 14 nitrogen and oxygen atoms in total. The number of benzene rings is 3. The van der Waals surface area contributed by atoms with Crippen LogP contribution in [0.4, 0.5) is 5.69 Å². The van der Waals surface area contributed by atoms with Gasteiger partial charge in [-0.25, -0.2) is 9.59 Å². The van der Waals surface area contributed by atoms with Crippen LogP contribution in [0, 0.1) is 10.1 Å². The van der Waals surface area contributed by atoms with Crippen LogP contribution in [0.25, 0.3) is 0 Å². The Morgan fingerprint density at radius 2 is 1.21 bits per heavy atom. The molecule has 0 aromatic heterocycles. The summed E-state index contributed by atoms with van der Waals surface area (Å²) in [5, 5.41) is 39.2. The molecule has 0 bridgehead atoms. The number of para-hydroxylation sites is 3. The highest BCUT2D eigenvalue weighted by molar-refractivity contribution is 6.00. The standard InChI is InChI=1S/C47H64N4O10/c1-34(20-10-9-18-28-49-31-38(53)33-60-40-23-13-8-14-24-40)61-47(55)44-36(3)50(4)35(2)43(45(44)41-25-15-16-26-42(41)51(56)57)46(54)58-29-19-6-5-17-27-48-30-37(52)32-59-39-21-11-7-12-22-39/h7-8,11-16,21-26,34,37-38,45,48-49,52-53H,5-6,9-10,17-20,27-33H2,1-4H3. The van der Waals surface area contributed by atoms with E-state index in [1.165, 1.54) is 6.07 Å². The number of hydrogen-bond acceptors (Lipinski definition) is 13. The molecular formula is C47H64N4O10. The first-order valence-electron chi connectivity index (χ1n) is 21.4. The zero-order valence-corrected chi connectivity index (χ0v) is 36.1. The molecule has 0 spiro atoms. The number of nitrogens with zero attached hydrogens (tertiary/aromatic N) is 2. The van der Waals surface area contributed by atoms with Gasteiger partial charge in [-0.05, 0) is 90.2 Å². The fourth-order valence-corrected chi connectivity index (χ4v) is 7.10. The Hall–Kier alpha value is -5.28. The van der Waals surface area contributed by atoms with Crippen LogP contribution >= 0.6 is 0 Å². The summed E-state index contributed by atoms with van der Waals surface area (Å²) in [6, 6.07) is 24.9. The number of rotatable bonds is 28. The zero-order chi connectivity index (χ0) is 44.0. The van der Waals surface area contributed by atoms with Gasteiger partial charge >= 0.3 is 11.9 Å². The van der Waals surface area contributed by atoms with Crippen molar-refractivity contribution in [1.29, 1.82) is 0 Å². The smallest absolute Gasteiger partial charge is 0.337 e. The van der Waals surface area contributed by atoms with E-state index in [0.29, 0.717) is 55.4 Å². The number of ether oxygens (including phenoxy) is 4. The molecule has 0 saturated heterocycles. The molecule has 1 heterocycles. The van der Waals surface area contributed by atoms with E-state index >= 15 is 0 Å². The molecule has 0 radical (unpaired) electrons. The average molecular weight is 845 g/mol. The largest absolute Gasteiger partial charge is 0.491 e. The van der Waals surface area contributed by atoms with E-state index in [2.05, 4.69) is 10.6 Å². The molecule has 4 rings (SSSR count). The molecule has 61 heavy (non-hydrogen) atoms. The van der Waals surface area contributed by atoms with Gasteiger partial charge in [0.05, 0.1) is 34.7 Å². The molecule has 1 aliphatic heterocycles. The van der Waals surface area contributed by atoms with Crippen molar-refractivity contribution >= 4 is 17.6 Å². The van der Waals surface area contributed by atoms with Crippen LogP contribution in [-0.2, 0) is 19.1 Å². The maximum atomic E-state index is 14.1. The van der Waals surface area contributed by atoms with Crippen LogP contribution in [-0.4, -0.2) is 103 Å². The van der Waals surface area contributed by atoms with Gasteiger partial charge < -0.3 is 44.7 Å². The molecule has 4 N–H and O–H groups in total. The summed E-state index contributed by atoms with van der Waals surface area (Å²) in [5.74, 6) is -0.940. The second kappa shape index (κ2) is 26.1.